The number of aliphatic hydroxyl groups excluding tert-OH is 1. The fourth-order valence-electron chi connectivity index (χ4n) is 0.783. The Morgan fingerprint density at radius 1 is 2.00 bits per heavy atom. The summed E-state index contributed by atoms with van der Waals surface area (Å²) < 4.78 is 12.6. The van der Waals surface area contributed by atoms with Gasteiger partial charge in [-0.3, -0.25) is 0 Å². The molecule has 0 amide bonds. The predicted octanol–water partition coefficient (Wildman–Crippen LogP) is -0.321. The summed E-state index contributed by atoms with van der Waals surface area (Å²) in [6, 6.07) is -0.331. The van der Waals surface area contributed by atoms with Crippen molar-refractivity contribution in [2.24, 2.45) is 0 Å². The molecule has 48 valence electrons. The van der Waals surface area contributed by atoms with Gasteiger partial charge in [-0.2, -0.15) is 0 Å². The molecule has 1 heterocycles. The molecule has 1 fully saturated rings. The second kappa shape index (κ2) is 1.67. The summed E-state index contributed by atoms with van der Waals surface area (Å²) in [4.78, 5) is 0. The van der Waals surface area contributed by atoms with Crippen molar-refractivity contribution >= 4 is 0 Å². The molecule has 1 rings (SSSR count). The molecule has 3 heteroatoms. The molecule has 0 saturated carbocycles. The van der Waals surface area contributed by atoms with Crippen LogP contribution >= 0.6 is 0 Å². The van der Waals surface area contributed by atoms with Crippen molar-refractivity contribution in [2.75, 3.05) is 13.2 Å². The van der Waals surface area contributed by atoms with Gasteiger partial charge in [0, 0.05) is 6.54 Å². The Morgan fingerprint density at radius 3 is 2.62 bits per heavy atom. The molecule has 0 bridgehead atoms. The zero-order valence-corrected chi connectivity index (χ0v) is 4.82. The van der Waals surface area contributed by atoms with E-state index in [9.17, 15) is 4.39 Å². The van der Waals surface area contributed by atoms with E-state index in [1.54, 1.807) is 0 Å². The maximum atomic E-state index is 12.6. The summed E-state index contributed by atoms with van der Waals surface area (Å²) in [5, 5.41) is 11.2. The standard InChI is InChI=1S/C5H10FNO/c1-5(6)3-7-4(5)2-8/h4,7-8H,2-3H2,1H3. The van der Waals surface area contributed by atoms with Crippen LogP contribution in [0.15, 0.2) is 0 Å². The van der Waals surface area contributed by atoms with Gasteiger partial charge in [0.25, 0.3) is 0 Å². The van der Waals surface area contributed by atoms with Gasteiger partial charge in [0.1, 0.15) is 5.67 Å². The van der Waals surface area contributed by atoms with E-state index in [2.05, 4.69) is 5.32 Å². The average Bonchev–Trinajstić information content (AvgIpc) is 1.66. The van der Waals surface area contributed by atoms with Crippen molar-refractivity contribution in [2.45, 2.75) is 18.6 Å². The van der Waals surface area contributed by atoms with Crippen molar-refractivity contribution in [3.05, 3.63) is 0 Å². The quantitative estimate of drug-likeness (QED) is 0.495. The van der Waals surface area contributed by atoms with E-state index in [0.29, 0.717) is 6.54 Å². The van der Waals surface area contributed by atoms with Crippen molar-refractivity contribution in [3.63, 3.8) is 0 Å². The van der Waals surface area contributed by atoms with E-state index < -0.39 is 5.67 Å². The number of halogens is 1. The van der Waals surface area contributed by atoms with Crippen molar-refractivity contribution in [1.82, 2.24) is 5.32 Å². The molecule has 0 radical (unpaired) electrons. The molecule has 1 aliphatic rings. The Hall–Kier alpha value is -0.150. The van der Waals surface area contributed by atoms with Crippen LogP contribution in [0, 0.1) is 0 Å². The summed E-state index contributed by atoms with van der Waals surface area (Å²) in [7, 11) is 0. The minimum absolute atomic E-state index is 0.104. The van der Waals surface area contributed by atoms with Crippen LogP contribution in [0.4, 0.5) is 4.39 Å². The van der Waals surface area contributed by atoms with Gasteiger partial charge in [-0.05, 0) is 6.92 Å². The first-order chi connectivity index (χ1) is 3.67. The molecule has 0 aliphatic carbocycles. The fraction of sp³-hybridized carbons (Fsp3) is 1.00. The molecule has 2 atom stereocenters. The molecular weight excluding hydrogens is 109 g/mol. The number of aliphatic hydroxyl groups is 1. The van der Waals surface area contributed by atoms with Crippen LogP contribution in [-0.2, 0) is 0 Å². The minimum atomic E-state index is -1.17. The van der Waals surface area contributed by atoms with Gasteiger partial charge in [0.15, 0.2) is 0 Å². The monoisotopic (exact) mass is 119 g/mol. The van der Waals surface area contributed by atoms with Crippen LogP contribution in [0.25, 0.3) is 0 Å². The lowest BCUT2D eigenvalue weighted by Crippen LogP contribution is -2.65. The van der Waals surface area contributed by atoms with Gasteiger partial charge in [-0.25, -0.2) is 4.39 Å². The van der Waals surface area contributed by atoms with E-state index in [4.69, 9.17) is 5.11 Å². The summed E-state index contributed by atoms with van der Waals surface area (Å²) in [6.45, 7) is 1.76. The number of hydrogen-bond acceptors (Lipinski definition) is 2. The van der Waals surface area contributed by atoms with Crippen molar-refractivity contribution in [3.8, 4) is 0 Å². The summed E-state index contributed by atoms with van der Waals surface area (Å²) >= 11 is 0. The largest absolute Gasteiger partial charge is 0.395 e. The fourth-order valence-corrected chi connectivity index (χ4v) is 0.783. The highest BCUT2D eigenvalue weighted by atomic mass is 19.1. The first-order valence-electron chi connectivity index (χ1n) is 2.70. The first kappa shape index (κ1) is 5.98. The number of alkyl halides is 1. The lowest BCUT2D eigenvalue weighted by atomic mass is 9.91. The van der Waals surface area contributed by atoms with Crippen molar-refractivity contribution in [1.29, 1.82) is 0 Å². The van der Waals surface area contributed by atoms with E-state index >= 15 is 0 Å². The minimum Gasteiger partial charge on any atom is -0.395 e. The molecule has 2 nitrogen and oxygen atoms in total. The SMILES string of the molecule is CC1(F)CNC1CO. The van der Waals surface area contributed by atoms with Gasteiger partial charge in [-0.1, -0.05) is 0 Å². The second-order valence-corrected chi connectivity index (χ2v) is 2.39. The molecule has 8 heavy (non-hydrogen) atoms. The van der Waals surface area contributed by atoms with E-state index in [1.807, 2.05) is 0 Å². The zero-order chi connectivity index (χ0) is 6.20. The third-order valence-corrected chi connectivity index (χ3v) is 1.60. The maximum Gasteiger partial charge on any atom is 0.138 e. The van der Waals surface area contributed by atoms with Crippen LogP contribution in [0.3, 0.4) is 0 Å². The number of rotatable bonds is 1. The highest BCUT2D eigenvalue weighted by Gasteiger charge is 2.42. The molecule has 0 aromatic heterocycles. The van der Waals surface area contributed by atoms with Crippen LogP contribution in [0.5, 0.6) is 0 Å². The van der Waals surface area contributed by atoms with Crippen LogP contribution in [0.1, 0.15) is 6.92 Å². The maximum absolute atomic E-state index is 12.6. The lowest BCUT2D eigenvalue weighted by Gasteiger charge is -2.40. The Morgan fingerprint density at radius 2 is 2.62 bits per heavy atom. The van der Waals surface area contributed by atoms with Gasteiger partial charge in [-0.15, -0.1) is 0 Å². The molecule has 1 aliphatic heterocycles. The molecule has 2 N–H and O–H groups in total. The van der Waals surface area contributed by atoms with E-state index in [-0.39, 0.29) is 12.6 Å². The summed E-state index contributed by atoms with van der Waals surface area (Å²) in [5.41, 5.74) is -1.17. The Kier molecular flexibility index (Phi) is 1.25. The predicted molar refractivity (Wildman–Crippen MR) is 28.4 cm³/mol. The third-order valence-electron chi connectivity index (χ3n) is 1.60. The Balaban J connectivity index is 2.37. The lowest BCUT2D eigenvalue weighted by molar-refractivity contribution is 0.0137. The van der Waals surface area contributed by atoms with Gasteiger partial charge < -0.3 is 10.4 Å². The third kappa shape index (κ3) is 0.717. The average molecular weight is 119 g/mol. The van der Waals surface area contributed by atoms with Crippen LogP contribution in [0.2, 0.25) is 0 Å². The normalized spacial score (nSPS) is 46.1. The number of hydrogen-bond donors (Lipinski definition) is 2. The van der Waals surface area contributed by atoms with E-state index in [1.165, 1.54) is 6.92 Å². The molecular formula is C5H10FNO. The molecule has 0 aromatic carbocycles. The molecule has 0 aromatic rings. The summed E-state index contributed by atoms with van der Waals surface area (Å²) in [6.07, 6.45) is 0. The van der Waals surface area contributed by atoms with Gasteiger partial charge in [0.05, 0.1) is 12.6 Å². The van der Waals surface area contributed by atoms with E-state index in [0.717, 1.165) is 0 Å². The number of nitrogens with one attached hydrogen (secondary N) is 1. The highest BCUT2D eigenvalue weighted by molar-refractivity contribution is 4.99. The Bertz CT molecular complexity index is 92.4. The Labute approximate surface area is 47.7 Å². The molecule has 0 spiro atoms. The smallest absolute Gasteiger partial charge is 0.138 e. The molecule has 1 saturated heterocycles. The van der Waals surface area contributed by atoms with Gasteiger partial charge in [0.2, 0.25) is 0 Å². The topological polar surface area (TPSA) is 32.3 Å². The van der Waals surface area contributed by atoms with Crippen molar-refractivity contribution < 1.29 is 9.50 Å². The highest BCUT2D eigenvalue weighted by Crippen LogP contribution is 2.21. The van der Waals surface area contributed by atoms with Gasteiger partial charge >= 0.3 is 0 Å². The van der Waals surface area contributed by atoms with Crippen LogP contribution in [-0.4, -0.2) is 30.0 Å². The van der Waals surface area contributed by atoms with Crippen LogP contribution < -0.4 is 5.32 Å². The first-order valence-corrected chi connectivity index (χ1v) is 2.70. The zero-order valence-electron chi connectivity index (χ0n) is 4.82. The molecule has 2 unspecified atom stereocenters. The summed E-state index contributed by atoms with van der Waals surface area (Å²) in [5.74, 6) is 0. The second-order valence-electron chi connectivity index (χ2n) is 2.39.